The van der Waals surface area contributed by atoms with Crippen molar-refractivity contribution in [2.24, 2.45) is 0 Å². The van der Waals surface area contributed by atoms with Crippen LogP contribution in [0.15, 0.2) is 51.4 Å². The Morgan fingerprint density at radius 1 is 1.23 bits per heavy atom. The van der Waals surface area contributed by atoms with Crippen LogP contribution in [0.1, 0.15) is 11.1 Å². The zero-order valence-electron chi connectivity index (χ0n) is 12.2. The molecule has 2 aromatic carbocycles. The molecule has 114 valence electrons. The predicted molar refractivity (Wildman–Crippen MR) is 97.2 cm³/mol. The van der Waals surface area contributed by atoms with Crippen molar-refractivity contribution in [3.8, 4) is 5.75 Å². The predicted octanol–water partition coefficient (Wildman–Crippen LogP) is 5.18. The van der Waals surface area contributed by atoms with E-state index < -0.39 is 0 Å². The fourth-order valence-electron chi connectivity index (χ4n) is 1.97. The van der Waals surface area contributed by atoms with Crippen LogP contribution in [0.3, 0.4) is 0 Å². The molecule has 0 radical (unpaired) electrons. The Morgan fingerprint density at radius 2 is 1.95 bits per heavy atom. The van der Waals surface area contributed by atoms with Crippen LogP contribution >= 0.6 is 31.9 Å². The molecular formula is C17H15Br2NO2. The number of carbonyl (C=O) groups is 1. The standard InChI is InChI=1S/C17H15Br2NO2/c1-11-5-3-4-6-15(11)20-16(21)8-7-12-9-13(18)10-14(19)17(12)22-2/h3-10H,1-2H3,(H,20,21)/b8-7+. The summed E-state index contributed by atoms with van der Waals surface area (Å²) >= 11 is 6.87. The average molecular weight is 425 g/mol. The van der Waals surface area contributed by atoms with Crippen molar-refractivity contribution in [3.63, 3.8) is 0 Å². The van der Waals surface area contributed by atoms with Gasteiger partial charge in [-0.25, -0.2) is 0 Å². The zero-order valence-corrected chi connectivity index (χ0v) is 15.4. The van der Waals surface area contributed by atoms with Crippen LogP contribution < -0.4 is 10.1 Å². The number of nitrogens with one attached hydrogen (secondary N) is 1. The first-order chi connectivity index (χ1) is 10.5. The molecule has 0 spiro atoms. The fraction of sp³-hybridized carbons (Fsp3) is 0.118. The monoisotopic (exact) mass is 423 g/mol. The Kier molecular flexibility index (Phi) is 5.80. The number of anilines is 1. The highest BCUT2D eigenvalue weighted by Gasteiger charge is 2.07. The highest BCUT2D eigenvalue weighted by molar-refractivity contribution is 9.11. The second-order valence-corrected chi connectivity index (χ2v) is 6.42. The molecule has 0 fully saturated rings. The molecule has 0 atom stereocenters. The maximum absolute atomic E-state index is 12.0. The minimum Gasteiger partial charge on any atom is -0.495 e. The maximum atomic E-state index is 12.0. The number of methoxy groups -OCH3 is 1. The van der Waals surface area contributed by atoms with Gasteiger partial charge >= 0.3 is 0 Å². The summed E-state index contributed by atoms with van der Waals surface area (Å²) in [5.74, 6) is 0.496. The van der Waals surface area contributed by atoms with Crippen molar-refractivity contribution < 1.29 is 9.53 Å². The maximum Gasteiger partial charge on any atom is 0.248 e. The van der Waals surface area contributed by atoms with E-state index in [0.29, 0.717) is 5.75 Å². The molecule has 0 saturated carbocycles. The Labute approximate surface area is 146 Å². The minimum atomic E-state index is -0.188. The summed E-state index contributed by atoms with van der Waals surface area (Å²) in [4.78, 5) is 12.0. The summed E-state index contributed by atoms with van der Waals surface area (Å²) in [6.07, 6.45) is 3.21. The van der Waals surface area contributed by atoms with Gasteiger partial charge in [0.1, 0.15) is 5.75 Å². The lowest BCUT2D eigenvalue weighted by atomic mass is 10.1. The first kappa shape index (κ1) is 16.8. The van der Waals surface area contributed by atoms with E-state index in [0.717, 1.165) is 25.8 Å². The third-order valence-corrected chi connectivity index (χ3v) is 4.11. The number of hydrogen-bond donors (Lipinski definition) is 1. The number of benzene rings is 2. The smallest absolute Gasteiger partial charge is 0.248 e. The van der Waals surface area contributed by atoms with Gasteiger partial charge in [0.05, 0.1) is 11.6 Å². The SMILES string of the molecule is COc1c(Br)cc(Br)cc1/C=C/C(=O)Nc1ccccc1C. The molecule has 2 rings (SSSR count). The first-order valence-electron chi connectivity index (χ1n) is 6.59. The van der Waals surface area contributed by atoms with Crippen LogP contribution in [-0.4, -0.2) is 13.0 Å². The summed E-state index contributed by atoms with van der Waals surface area (Å²) in [5, 5.41) is 2.86. The normalized spacial score (nSPS) is 10.7. The number of carbonyl (C=O) groups excluding carboxylic acids is 1. The van der Waals surface area contributed by atoms with Gasteiger partial charge in [0.25, 0.3) is 0 Å². The third kappa shape index (κ3) is 4.21. The van der Waals surface area contributed by atoms with Gasteiger partial charge in [-0.15, -0.1) is 0 Å². The quantitative estimate of drug-likeness (QED) is 0.686. The molecule has 0 aliphatic rings. The number of halogens is 2. The summed E-state index contributed by atoms with van der Waals surface area (Å²) < 4.78 is 7.07. The first-order valence-corrected chi connectivity index (χ1v) is 8.17. The van der Waals surface area contributed by atoms with Crippen molar-refractivity contribution >= 4 is 49.5 Å². The van der Waals surface area contributed by atoms with Gasteiger partial charge in [-0.2, -0.15) is 0 Å². The van der Waals surface area contributed by atoms with E-state index in [9.17, 15) is 4.79 Å². The molecule has 0 unspecified atom stereocenters. The van der Waals surface area contributed by atoms with Gasteiger partial charge < -0.3 is 10.1 Å². The number of amides is 1. The number of para-hydroxylation sites is 1. The van der Waals surface area contributed by atoms with E-state index in [1.54, 1.807) is 13.2 Å². The highest BCUT2D eigenvalue weighted by atomic mass is 79.9. The molecule has 2 aromatic rings. The molecule has 3 nitrogen and oxygen atoms in total. The van der Waals surface area contributed by atoms with Crippen molar-refractivity contribution in [1.82, 2.24) is 0 Å². The fourth-order valence-corrected chi connectivity index (χ4v) is 3.39. The van der Waals surface area contributed by atoms with Crippen molar-refractivity contribution in [1.29, 1.82) is 0 Å². The van der Waals surface area contributed by atoms with Crippen molar-refractivity contribution in [3.05, 3.63) is 62.5 Å². The topological polar surface area (TPSA) is 38.3 Å². The molecule has 1 N–H and O–H groups in total. The molecule has 0 bridgehead atoms. The van der Waals surface area contributed by atoms with E-state index in [-0.39, 0.29) is 5.91 Å². The van der Waals surface area contributed by atoms with E-state index in [4.69, 9.17) is 4.74 Å². The molecule has 0 saturated heterocycles. The number of rotatable bonds is 4. The van der Waals surface area contributed by atoms with Crippen LogP contribution in [0.5, 0.6) is 5.75 Å². The molecule has 1 amide bonds. The van der Waals surface area contributed by atoms with Crippen LogP contribution in [-0.2, 0) is 4.79 Å². The van der Waals surface area contributed by atoms with E-state index in [1.807, 2.05) is 43.3 Å². The lowest BCUT2D eigenvalue weighted by Gasteiger charge is -2.08. The van der Waals surface area contributed by atoms with Crippen LogP contribution in [0.4, 0.5) is 5.69 Å². The van der Waals surface area contributed by atoms with Gasteiger partial charge in [0.15, 0.2) is 0 Å². The molecule has 5 heteroatoms. The van der Waals surface area contributed by atoms with Crippen LogP contribution in [0.25, 0.3) is 6.08 Å². The molecule has 0 heterocycles. The Hall–Kier alpha value is -1.59. The molecule has 22 heavy (non-hydrogen) atoms. The van der Waals surface area contributed by atoms with Gasteiger partial charge in [0, 0.05) is 21.8 Å². The second-order valence-electron chi connectivity index (χ2n) is 4.65. The lowest BCUT2D eigenvalue weighted by Crippen LogP contribution is -2.08. The molecular weight excluding hydrogens is 410 g/mol. The van der Waals surface area contributed by atoms with Gasteiger partial charge in [-0.3, -0.25) is 4.79 Å². The van der Waals surface area contributed by atoms with Crippen molar-refractivity contribution in [2.45, 2.75) is 6.92 Å². The summed E-state index contributed by atoms with van der Waals surface area (Å²) in [5.41, 5.74) is 2.63. The van der Waals surface area contributed by atoms with E-state index in [1.165, 1.54) is 6.08 Å². The number of ether oxygens (including phenoxy) is 1. The molecule has 0 aliphatic carbocycles. The average Bonchev–Trinajstić information content (AvgIpc) is 2.47. The van der Waals surface area contributed by atoms with Gasteiger partial charge in [-0.1, -0.05) is 34.1 Å². The second kappa shape index (κ2) is 7.61. The Morgan fingerprint density at radius 3 is 2.64 bits per heavy atom. The van der Waals surface area contributed by atoms with Crippen LogP contribution in [0.2, 0.25) is 0 Å². The summed E-state index contributed by atoms with van der Waals surface area (Å²) in [6, 6.07) is 11.4. The zero-order chi connectivity index (χ0) is 16.1. The Balaban J connectivity index is 2.18. The van der Waals surface area contributed by atoms with E-state index in [2.05, 4.69) is 37.2 Å². The lowest BCUT2D eigenvalue weighted by molar-refractivity contribution is -0.111. The molecule has 0 aromatic heterocycles. The van der Waals surface area contributed by atoms with Crippen LogP contribution in [0, 0.1) is 6.92 Å². The number of aryl methyl sites for hydroxylation is 1. The Bertz CT molecular complexity index is 727. The number of hydrogen-bond acceptors (Lipinski definition) is 2. The van der Waals surface area contributed by atoms with Gasteiger partial charge in [-0.05, 0) is 52.7 Å². The van der Waals surface area contributed by atoms with Gasteiger partial charge in [0.2, 0.25) is 5.91 Å². The largest absolute Gasteiger partial charge is 0.495 e. The summed E-state index contributed by atoms with van der Waals surface area (Å²) in [7, 11) is 1.60. The third-order valence-electron chi connectivity index (χ3n) is 3.06. The minimum absolute atomic E-state index is 0.188. The highest BCUT2D eigenvalue weighted by Crippen LogP contribution is 2.33. The molecule has 0 aliphatic heterocycles. The summed E-state index contributed by atoms with van der Waals surface area (Å²) in [6.45, 7) is 1.95. The van der Waals surface area contributed by atoms with E-state index >= 15 is 0 Å². The van der Waals surface area contributed by atoms with Crippen molar-refractivity contribution in [2.75, 3.05) is 12.4 Å².